The second-order valence-electron chi connectivity index (χ2n) is 5.10. The smallest absolute Gasteiger partial charge is 0.248 e. The van der Waals surface area contributed by atoms with Crippen molar-refractivity contribution in [3.05, 3.63) is 69.4 Å². The van der Waals surface area contributed by atoms with Gasteiger partial charge in [-0.15, -0.1) is 5.10 Å². The van der Waals surface area contributed by atoms with Crippen molar-refractivity contribution in [1.29, 1.82) is 0 Å². The molecule has 0 unspecified atom stereocenters. The van der Waals surface area contributed by atoms with Crippen LogP contribution in [-0.2, 0) is 6.54 Å². The highest BCUT2D eigenvalue weighted by molar-refractivity contribution is 7.80. The van der Waals surface area contributed by atoms with Crippen molar-refractivity contribution in [3.8, 4) is 0 Å². The average Bonchev–Trinajstić information content (AvgIpc) is 3.00. The molecule has 0 aliphatic heterocycles. The Kier molecular flexibility index (Phi) is 5.75. The third kappa shape index (κ3) is 5.06. The van der Waals surface area contributed by atoms with Gasteiger partial charge in [0.1, 0.15) is 6.33 Å². The lowest BCUT2D eigenvalue weighted by Gasteiger charge is -2.08. The number of hydrogen-bond acceptors (Lipinski definition) is 3. The quantitative estimate of drug-likeness (QED) is 0.584. The van der Waals surface area contributed by atoms with Crippen LogP contribution in [0.25, 0.3) is 0 Å². The van der Waals surface area contributed by atoms with Crippen LogP contribution in [0.15, 0.2) is 48.8 Å². The highest BCUT2D eigenvalue weighted by Crippen LogP contribution is 2.25. The Hall–Kier alpha value is -1.86. The number of rotatable bonds is 4. The Bertz CT molecular complexity index is 895. The van der Waals surface area contributed by atoms with Crippen molar-refractivity contribution in [2.45, 2.75) is 6.54 Å². The van der Waals surface area contributed by atoms with Crippen molar-refractivity contribution < 1.29 is 0 Å². The predicted molar refractivity (Wildman–Crippen MR) is 107 cm³/mol. The molecular weight excluding hydrogens is 401 g/mol. The molecule has 0 bridgehead atoms. The lowest BCUT2D eigenvalue weighted by atomic mass is 10.2. The van der Waals surface area contributed by atoms with Crippen molar-refractivity contribution in [3.63, 3.8) is 0 Å². The molecule has 25 heavy (non-hydrogen) atoms. The first-order valence-corrected chi connectivity index (χ1v) is 8.71. The summed E-state index contributed by atoms with van der Waals surface area (Å²) in [5.74, 6) is 0.395. The van der Waals surface area contributed by atoms with Gasteiger partial charge in [-0.1, -0.05) is 46.9 Å². The fraction of sp³-hybridized carbons (Fsp3) is 0.0625. The molecule has 0 saturated heterocycles. The first-order valence-electron chi connectivity index (χ1n) is 7.16. The van der Waals surface area contributed by atoms with Crippen LogP contribution in [0.2, 0.25) is 15.1 Å². The number of hydrogen-bond donors (Lipinski definition) is 2. The Morgan fingerprint density at radius 1 is 1.00 bits per heavy atom. The topological polar surface area (TPSA) is 54.8 Å². The molecule has 0 amide bonds. The maximum Gasteiger partial charge on any atom is 0.248 e. The van der Waals surface area contributed by atoms with E-state index in [1.54, 1.807) is 29.2 Å². The van der Waals surface area contributed by atoms with Gasteiger partial charge in [-0.05, 0) is 48.1 Å². The van der Waals surface area contributed by atoms with E-state index in [0.29, 0.717) is 38.4 Å². The molecule has 3 aromatic rings. The van der Waals surface area contributed by atoms with Gasteiger partial charge in [-0.2, -0.15) is 0 Å². The Morgan fingerprint density at radius 2 is 1.76 bits per heavy atom. The second-order valence-corrected chi connectivity index (χ2v) is 6.76. The van der Waals surface area contributed by atoms with E-state index >= 15 is 0 Å². The minimum absolute atomic E-state index is 0.350. The maximum absolute atomic E-state index is 5.98. The Morgan fingerprint density at radius 3 is 2.48 bits per heavy atom. The summed E-state index contributed by atoms with van der Waals surface area (Å²) >= 11 is 23.0. The van der Waals surface area contributed by atoms with Crippen molar-refractivity contribution >= 4 is 63.8 Å². The van der Waals surface area contributed by atoms with Gasteiger partial charge in [0.05, 0.1) is 16.6 Å². The van der Waals surface area contributed by atoms with Gasteiger partial charge < -0.3 is 5.32 Å². The van der Waals surface area contributed by atoms with Gasteiger partial charge in [0, 0.05) is 10.7 Å². The molecule has 9 heteroatoms. The van der Waals surface area contributed by atoms with E-state index in [1.807, 2.05) is 24.3 Å². The molecule has 2 N–H and O–H groups in total. The SMILES string of the molecule is S=C(Nc1ccc(Cl)c(Cl)c1)Nc1ncn(Cc2ccc(Cl)cc2)n1. The fourth-order valence-corrected chi connectivity index (χ4v) is 2.68. The average molecular weight is 413 g/mol. The Balaban J connectivity index is 1.59. The molecule has 0 spiro atoms. The minimum Gasteiger partial charge on any atom is -0.332 e. The summed E-state index contributed by atoms with van der Waals surface area (Å²) in [5.41, 5.74) is 1.78. The second kappa shape index (κ2) is 8.01. The van der Waals surface area contributed by atoms with E-state index < -0.39 is 0 Å². The number of anilines is 2. The molecule has 0 fully saturated rings. The zero-order chi connectivity index (χ0) is 17.8. The van der Waals surface area contributed by atoms with Crippen LogP contribution in [0.5, 0.6) is 0 Å². The number of halogens is 3. The van der Waals surface area contributed by atoms with Gasteiger partial charge in [-0.25, -0.2) is 9.67 Å². The summed E-state index contributed by atoms with van der Waals surface area (Å²) in [6.45, 7) is 0.582. The highest BCUT2D eigenvalue weighted by Gasteiger charge is 2.06. The third-order valence-electron chi connectivity index (χ3n) is 3.20. The Labute approximate surface area is 164 Å². The lowest BCUT2D eigenvalue weighted by Crippen LogP contribution is -2.20. The number of benzene rings is 2. The molecule has 0 aliphatic rings. The molecule has 1 heterocycles. The number of thiocarbonyl (C=S) groups is 1. The van der Waals surface area contributed by atoms with Crippen LogP contribution < -0.4 is 10.6 Å². The number of aromatic nitrogens is 3. The number of nitrogens with one attached hydrogen (secondary N) is 2. The molecule has 3 rings (SSSR count). The highest BCUT2D eigenvalue weighted by atomic mass is 35.5. The normalized spacial score (nSPS) is 10.5. The first kappa shape index (κ1) is 17.9. The van der Waals surface area contributed by atoms with Gasteiger partial charge in [0.2, 0.25) is 5.95 Å². The van der Waals surface area contributed by atoms with Crippen LogP contribution >= 0.6 is 47.0 Å². The summed E-state index contributed by atoms with van der Waals surface area (Å²) in [7, 11) is 0. The van der Waals surface area contributed by atoms with Gasteiger partial charge >= 0.3 is 0 Å². The van der Waals surface area contributed by atoms with Crippen LogP contribution in [0.4, 0.5) is 11.6 Å². The maximum atomic E-state index is 5.98. The lowest BCUT2D eigenvalue weighted by molar-refractivity contribution is 0.687. The third-order valence-corrected chi connectivity index (χ3v) is 4.39. The van der Waals surface area contributed by atoms with E-state index in [2.05, 4.69) is 20.7 Å². The molecule has 5 nitrogen and oxygen atoms in total. The van der Waals surface area contributed by atoms with Crippen molar-refractivity contribution in [2.24, 2.45) is 0 Å². The van der Waals surface area contributed by atoms with E-state index in [1.165, 1.54) is 0 Å². The van der Waals surface area contributed by atoms with Gasteiger partial charge in [-0.3, -0.25) is 5.32 Å². The molecule has 0 saturated carbocycles. The van der Waals surface area contributed by atoms with Crippen molar-refractivity contribution in [1.82, 2.24) is 14.8 Å². The van der Waals surface area contributed by atoms with E-state index in [0.717, 1.165) is 5.56 Å². The zero-order valence-corrected chi connectivity index (χ0v) is 15.8. The van der Waals surface area contributed by atoms with E-state index in [-0.39, 0.29) is 0 Å². The van der Waals surface area contributed by atoms with Gasteiger partial charge in [0.15, 0.2) is 5.11 Å². The predicted octanol–water partition coefficient (Wildman–Crippen LogP) is 5.10. The zero-order valence-electron chi connectivity index (χ0n) is 12.7. The van der Waals surface area contributed by atoms with Crippen LogP contribution in [0, 0.1) is 0 Å². The summed E-state index contributed by atoms with van der Waals surface area (Å²) in [6, 6.07) is 12.7. The molecular formula is C16H12Cl3N5S. The molecule has 1 aromatic heterocycles. The molecule has 128 valence electrons. The van der Waals surface area contributed by atoms with Gasteiger partial charge in [0.25, 0.3) is 0 Å². The molecule has 0 atom stereocenters. The summed E-state index contributed by atoms with van der Waals surface area (Å²) in [5, 5.41) is 12.2. The molecule has 0 radical (unpaired) electrons. The monoisotopic (exact) mass is 411 g/mol. The summed E-state index contributed by atoms with van der Waals surface area (Å²) in [4.78, 5) is 4.18. The first-order chi connectivity index (χ1) is 12.0. The van der Waals surface area contributed by atoms with E-state index in [4.69, 9.17) is 47.0 Å². The standard InChI is InChI=1S/C16H12Cl3N5S/c17-11-3-1-10(2-4-11)8-24-9-20-15(23-24)22-16(25)21-12-5-6-13(18)14(19)7-12/h1-7,9H,8H2,(H2,21,22,23,25). The summed E-state index contributed by atoms with van der Waals surface area (Å²) in [6.07, 6.45) is 1.62. The largest absolute Gasteiger partial charge is 0.332 e. The molecule has 2 aromatic carbocycles. The van der Waals surface area contributed by atoms with Crippen LogP contribution in [0.3, 0.4) is 0 Å². The van der Waals surface area contributed by atoms with Crippen LogP contribution in [-0.4, -0.2) is 19.9 Å². The van der Waals surface area contributed by atoms with Crippen molar-refractivity contribution in [2.75, 3.05) is 10.6 Å². The fourth-order valence-electron chi connectivity index (χ4n) is 2.04. The minimum atomic E-state index is 0.350. The molecule has 0 aliphatic carbocycles. The van der Waals surface area contributed by atoms with E-state index in [9.17, 15) is 0 Å². The summed E-state index contributed by atoms with van der Waals surface area (Å²) < 4.78 is 1.70. The number of nitrogens with zero attached hydrogens (tertiary/aromatic N) is 3. The van der Waals surface area contributed by atoms with Crippen LogP contribution in [0.1, 0.15) is 5.56 Å².